The van der Waals surface area contributed by atoms with Crippen molar-refractivity contribution in [3.05, 3.63) is 57.8 Å². The highest BCUT2D eigenvalue weighted by atomic mass is 35.5. The highest BCUT2D eigenvalue weighted by molar-refractivity contribution is 6.43. The van der Waals surface area contributed by atoms with Crippen LogP contribution in [0.1, 0.15) is 102 Å². The number of rotatable bonds is 17. The number of benzene rings is 1. The number of aliphatic hydroxyl groups excluding tert-OH is 1. The molecule has 2 N–H and O–H groups in total. The van der Waals surface area contributed by atoms with Gasteiger partial charge in [0.05, 0.1) is 16.2 Å². The number of anilines is 1. The molecule has 1 amide bonds. The fraction of sp³-hybridized carbons (Fsp3) is 0.516. The van der Waals surface area contributed by atoms with Crippen LogP contribution in [0.2, 0.25) is 5.02 Å². The van der Waals surface area contributed by atoms with E-state index in [0.29, 0.717) is 16.2 Å². The van der Waals surface area contributed by atoms with Crippen LogP contribution in [-0.2, 0) is 9.59 Å². The molecule has 0 bridgehead atoms. The first-order chi connectivity index (χ1) is 18.0. The van der Waals surface area contributed by atoms with E-state index in [9.17, 15) is 14.7 Å². The minimum absolute atomic E-state index is 0.115. The van der Waals surface area contributed by atoms with E-state index < -0.39 is 0 Å². The lowest BCUT2D eigenvalue weighted by atomic mass is 9.80. The number of hydrogen-bond acceptors (Lipinski definition) is 4. The minimum atomic E-state index is -0.389. The summed E-state index contributed by atoms with van der Waals surface area (Å²) in [6, 6.07) is 5.43. The number of dihydropyridines is 1. The molecule has 0 radical (unpaired) electrons. The molecule has 0 aromatic heterocycles. The minimum Gasteiger partial charge on any atom is -0.506 e. The molecule has 0 atom stereocenters. The monoisotopic (exact) mass is 524 g/mol. The van der Waals surface area contributed by atoms with Crippen LogP contribution in [0.5, 0.6) is 0 Å². The van der Waals surface area contributed by atoms with Gasteiger partial charge in [-0.1, -0.05) is 108 Å². The number of amides is 1. The SMILES string of the molecule is CCCCCCCCCCCCCCCCNc1ccc(C2=C(O)/C(=C3/C=CC(=O)N=C3)C2=O)c(Cl)c1. The molecule has 0 spiro atoms. The van der Waals surface area contributed by atoms with Crippen molar-refractivity contribution in [1.82, 2.24) is 0 Å². The number of Topliss-reactive ketones (excluding diaryl/α,β-unsaturated/α-hetero) is 1. The number of aliphatic hydroxyl groups is 1. The zero-order valence-electron chi connectivity index (χ0n) is 22.2. The van der Waals surface area contributed by atoms with Crippen LogP contribution in [-0.4, -0.2) is 29.6 Å². The van der Waals surface area contributed by atoms with E-state index in [0.717, 1.165) is 18.7 Å². The number of nitrogens with one attached hydrogen (secondary N) is 1. The number of halogens is 1. The van der Waals surface area contributed by atoms with Gasteiger partial charge in [-0.05, 0) is 24.6 Å². The van der Waals surface area contributed by atoms with Gasteiger partial charge in [-0.25, -0.2) is 4.99 Å². The lowest BCUT2D eigenvalue weighted by Gasteiger charge is -2.24. The molecule has 0 fully saturated rings. The Kier molecular flexibility index (Phi) is 12.2. The van der Waals surface area contributed by atoms with Gasteiger partial charge >= 0.3 is 0 Å². The summed E-state index contributed by atoms with van der Waals surface area (Å²) in [5.74, 6) is -0.807. The molecule has 1 aromatic carbocycles. The number of unbranched alkanes of at least 4 members (excludes halogenated alkanes) is 13. The number of allylic oxidation sites excluding steroid dienone is 4. The first kappa shape index (κ1) is 28.9. The Bertz CT molecular complexity index is 1050. The van der Waals surface area contributed by atoms with E-state index in [1.807, 2.05) is 6.07 Å². The summed E-state index contributed by atoms with van der Waals surface area (Å²) >= 11 is 6.45. The van der Waals surface area contributed by atoms with Gasteiger partial charge < -0.3 is 10.4 Å². The van der Waals surface area contributed by atoms with Crippen LogP contribution >= 0.6 is 11.6 Å². The van der Waals surface area contributed by atoms with Crippen LogP contribution < -0.4 is 5.32 Å². The van der Waals surface area contributed by atoms with Crippen molar-refractivity contribution < 1.29 is 14.7 Å². The number of nitrogens with zero attached hydrogens (tertiary/aromatic N) is 1. The van der Waals surface area contributed by atoms with Crippen LogP contribution in [0.25, 0.3) is 5.57 Å². The number of carbonyl (C=O) groups is 2. The van der Waals surface area contributed by atoms with E-state index in [-0.39, 0.29) is 28.6 Å². The third-order valence-corrected chi connectivity index (χ3v) is 7.36. The first-order valence-electron chi connectivity index (χ1n) is 14.1. The maximum Gasteiger partial charge on any atom is 0.269 e. The second kappa shape index (κ2) is 15.6. The Morgan fingerprint density at radius 2 is 1.41 bits per heavy atom. The molecule has 200 valence electrons. The average molecular weight is 525 g/mol. The molecule has 0 saturated heterocycles. The molecule has 6 heteroatoms. The Hall–Kier alpha value is -2.66. The van der Waals surface area contributed by atoms with Crippen LogP contribution in [0.3, 0.4) is 0 Å². The van der Waals surface area contributed by atoms with Gasteiger partial charge in [-0.3, -0.25) is 9.59 Å². The number of ketones is 1. The summed E-state index contributed by atoms with van der Waals surface area (Å²) in [5, 5.41) is 14.3. The predicted molar refractivity (Wildman–Crippen MR) is 154 cm³/mol. The summed E-state index contributed by atoms with van der Waals surface area (Å²) in [5.41, 5.74) is 2.19. The van der Waals surface area contributed by atoms with Crippen molar-refractivity contribution in [3.8, 4) is 0 Å². The van der Waals surface area contributed by atoms with Crippen LogP contribution in [0.15, 0.2) is 52.2 Å². The number of carbonyl (C=O) groups excluding carboxylic acids is 2. The Labute approximate surface area is 226 Å². The van der Waals surface area contributed by atoms with Gasteiger partial charge in [0.25, 0.3) is 5.91 Å². The molecule has 1 aliphatic carbocycles. The van der Waals surface area contributed by atoms with Crippen molar-refractivity contribution in [2.24, 2.45) is 4.99 Å². The molecule has 5 nitrogen and oxygen atoms in total. The van der Waals surface area contributed by atoms with E-state index in [4.69, 9.17) is 11.6 Å². The van der Waals surface area contributed by atoms with Crippen molar-refractivity contribution in [1.29, 1.82) is 0 Å². The lowest BCUT2D eigenvalue weighted by Crippen LogP contribution is -2.24. The summed E-state index contributed by atoms with van der Waals surface area (Å²) in [6.45, 7) is 3.15. The second-order valence-corrected chi connectivity index (χ2v) is 10.4. The van der Waals surface area contributed by atoms with Gasteiger partial charge in [0.15, 0.2) is 0 Å². The maximum absolute atomic E-state index is 12.7. The second-order valence-electron chi connectivity index (χ2n) is 10.0. The third kappa shape index (κ3) is 8.70. The van der Waals surface area contributed by atoms with Gasteiger partial charge in [-0.2, -0.15) is 0 Å². The first-order valence-corrected chi connectivity index (χ1v) is 14.4. The molecule has 2 aliphatic rings. The van der Waals surface area contributed by atoms with Crippen LogP contribution in [0, 0.1) is 0 Å². The topological polar surface area (TPSA) is 78.8 Å². The van der Waals surface area contributed by atoms with E-state index >= 15 is 0 Å². The van der Waals surface area contributed by atoms with Crippen molar-refractivity contribution in [3.63, 3.8) is 0 Å². The molecule has 1 aromatic rings. The van der Waals surface area contributed by atoms with E-state index in [2.05, 4.69) is 17.2 Å². The highest BCUT2D eigenvalue weighted by Crippen LogP contribution is 2.41. The Morgan fingerprint density at radius 3 is 1.92 bits per heavy atom. The Balaban J connectivity index is 1.31. The molecule has 3 rings (SSSR count). The number of hydrogen-bond donors (Lipinski definition) is 2. The molecular formula is C31H41ClN2O3. The lowest BCUT2D eigenvalue weighted by molar-refractivity contribution is -0.113. The molecule has 37 heavy (non-hydrogen) atoms. The summed E-state index contributed by atoms with van der Waals surface area (Å²) in [7, 11) is 0. The summed E-state index contributed by atoms with van der Waals surface area (Å²) in [6.07, 6.45) is 22.8. The third-order valence-electron chi connectivity index (χ3n) is 7.05. The van der Waals surface area contributed by atoms with Crippen molar-refractivity contribution >= 4 is 40.8 Å². The standard InChI is InChI=1S/C31H41ClN2O3/c1-2-3-4-5-6-7-8-9-10-11-12-13-14-15-20-33-24-17-18-25(26(32)21-24)29-30(36)28(31(29)37)23-16-19-27(35)34-22-23/h16-19,21-22,33,36H,2-15,20H2,1H3/b28-23+. The summed E-state index contributed by atoms with van der Waals surface area (Å²) in [4.78, 5) is 27.5. The van der Waals surface area contributed by atoms with Gasteiger partial charge in [0.1, 0.15) is 5.76 Å². The van der Waals surface area contributed by atoms with Gasteiger partial charge in [-0.15, -0.1) is 0 Å². The van der Waals surface area contributed by atoms with Crippen molar-refractivity contribution in [2.45, 2.75) is 96.8 Å². The fourth-order valence-corrected chi connectivity index (χ4v) is 5.10. The van der Waals surface area contributed by atoms with Crippen molar-refractivity contribution in [2.75, 3.05) is 11.9 Å². The van der Waals surface area contributed by atoms with E-state index in [1.165, 1.54) is 102 Å². The predicted octanol–water partition coefficient (Wildman–Crippen LogP) is 8.55. The summed E-state index contributed by atoms with van der Waals surface area (Å²) < 4.78 is 0. The molecule has 1 heterocycles. The zero-order chi connectivity index (χ0) is 26.5. The largest absolute Gasteiger partial charge is 0.506 e. The van der Waals surface area contributed by atoms with E-state index in [1.54, 1.807) is 12.1 Å². The molecule has 0 unspecified atom stereocenters. The fourth-order valence-electron chi connectivity index (χ4n) is 4.83. The average Bonchev–Trinajstić information content (AvgIpc) is 2.89. The van der Waals surface area contributed by atoms with Gasteiger partial charge in [0, 0.05) is 35.7 Å². The van der Waals surface area contributed by atoms with Crippen LogP contribution in [0.4, 0.5) is 5.69 Å². The molecular weight excluding hydrogens is 484 g/mol. The smallest absolute Gasteiger partial charge is 0.269 e. The molecule has 1 aliphatic heterocycles. The quantitative estimate of drug-likeness (QED) is 0.158. The maximum atomic E-state index is 12.7. The molecule has 0 saturated carbocycles. The Morgan fingerprint density at radius 1 is 0.811 bits per heavy atom. The normalized spacial score (nSPS) is 17.0. The highest BCUT2D eigenvalue weighted by Gasteiger charge is 2.37. The number of aliphatic imine (C=N–C) groups is 1. The zero-order valence-corrected chi connectivity index (χ0v) is 22.9. The van der Waals surface area contributed by atoms with Gasteiger partial charge in [0.2, 0.25) is 5.78 Å².